The summed E-state index contributed by atoms with van der Waals surface area (Å²) in [5, 5.41) is 23.0. The van der Waals surface area contributed by atoms with Crippen molar-refractivity contribution in [1.82, 2.24) is 10.3 Å². The fourth-order valence-electron chi connectivity index (χ4n) is 2.01. The molecular weight excluding hydrogens is 234 g/mol. The van der Waals surface area contributed by atoms with E-state index >= 15 is 0 Å². The van der Waals surface area contributed by atoms with Crippen LogP contribution in [0, 0.1) is 21.4 Å². The van der Waals surface area contributed by atoms with E-state index in [0.29, 0.717) is 11.9 Å². The normalized spacial score (nSPS) is 19.3. The van der Waals surface area contributed by atoms with E-state index in [1.54, 1.807) is 0 Å². The first-order chi connectivity index (χ1) is 8.61. The van der Waals surface area contributed by atoms with E-state index in [0.717, 1.165) is 19.6 Å². The van der Waals surface area contributed by atoms with Crippen molar-refractivity contribution >= 4 is 11.5 Å². The highest BCUT2D eigenvalue weighted by atomic mass is 16.6. The Morgan fingerprint density at radius 1 is 1.72 bits per heavy atom. The molecule has 1 fully saturated rings. The van der Waals surface area contributed by atoms with Gasteiger partial charge in [-0.05, 0) is 6.92 Å². The maximum atomic E-state index is 10.6. The van der Waals surface area contributed by atoms with Crippen molar-refractivity contribution in [2.24, 2.45) is 0 Å². The van der Waals surface area contributed by atoms with Crippen LogP contribution in [0.5, 0.6) is 0 Å². The minimum atomic E-state index is -0.544. The topological polar surface area (TPSA) is 95.1 Å². The van der Waals surface area contributed by atoms with Crippen molar-refractivity contribution in [2.45, 2.75) is 13.0 Å². The van der Waals surface area contributed by atoms with Gasteiger partial charge in [-0.2, -0.15) is 5.26 Å². The van der Waals surface area contributed by atoms with Gasteiger partial charge in [0.2, 0.25) is 0 Å². The van der Waals surface area contributed by atoms with Crippen LogP contribution in [0.1, 0.15) is 12.5 Å². The van der Waals surface area contributed by atoms with Crippen molar-refractivity contribution in [1.29, 1.82) is 5.26 Å². The maximum absolute atomic E-state index is 10.6. The Morgan fingerprint density at radius 2 is 2.50 bits per heavy atom. The van der Waals surface area contributed by atoms with Gasteiger partial charge in [-0.3, -0.25) is 10.1 Å². The van der Waals surface area contributed by atoms with Crippen molar-refractivity contribution in [3.8, 4) is 6.07 Å². The number of hydrogen-bond acceptors (Lipinski definition) is 6. The summed E-state index contributed by atoms with van der Waals surface area (Å²) in [6.07, 6.45) is 1.20. The average Bonchev–Trinajstić information content (AvgIpc) is 2.37. The van der Waals surface area contributed by atoms with E-state index in [9.17, 15) is 10.1 Å². The Hall–Kier alpha value is -2.20. The molecule has 1 aliphatic heterocycles. The number of hydrogen-bond donors (Lipinski definition) is 1. The average molecular weight is 247 g/mol. The van der Waals surface area contributed by atoms with E-state index < -0.39 is 4.92 Å². The predicted molar refractivity (Wildman–Crippen MR) is 65.3 cm³/mol. The van der Waals surface area contributed by atoms with Gasteiger partial charge < -0.3 is 10.2 Å². The van der Waals surface area contributed by atoms with E-state index in [4.69, 9.17) is 5.26 Å². The highest BCUT2D eigenvalue weighted by Gasteiger charge is 2.21. The van der Waals surface area contributed by atoms with E-state index in [2.05, 4.69) is 10.3 Å². The van der Waals surface area contributed by atoms with Gasteiger partial charge in [-0.25, -0.2) is 4.98 Å². The Bertz CT molecular complexity index is 511. The molecule has 0 aromatic carbocycles. The Labute approximate surface area is 104 Å². The number of anilines is 1. The van der Waals surface area contributed by atoms with Gasteiger partial charge in [0.15, 0.2) is 0 Å². The van der Waals surface area contributed by atoms with Crippen molar-refractivity contribution in [2.75, 3.05) is 24.5 Å². The standard InChI is InChI=1S/C11H13N5O2/c1-8-7-15(3-2-13-8)11-9(5-12)4-10(6-14-11)16(17)18/h4,6,8,13H,2-3,7H2,1H3. The first kappa shape index (κ1) is 12.3. The predicted octanol–water partition coefficient (Wildman–Crippen LogP) is 0.660. The highest BCUT2D eigenvalue weighted by Crippen LogP contribution is 2.22. The fourth-order valence-corrected chi connectivity index (χ4v) is 2.01. The molecule has 0 radical (unpaired) electrons. The molecule has 7 nitrogen and oxygen atoms in total. The molecule has 1 aromatic rings. The van der Waals surface area contributed by atoms with Gasteiger partial charge >= 0.3 is 0 Å². The quantitative estimate of drug-likeness (QED) is 0.609. The SMILES string of the molecule is CC1CN(c2ncc([N+](=O)[O-])cc2C#N)CCN1. The molecule has 0 amide bonds. The summed E-state index contributed by atoms with van der Waals surface area (Å²) < 4.78 is 0. The van der Waals surface area contributed by atoms with Crippen LogP contribution in [0.3, 0.4) is 0 Å². The largest absolute Gasteiger partial charge is 0.353 e. The zero-order valence-electron chi connectivity index (χ0n) is 9.96. The number of aromatic nitrogens is 1. The lowest BCUT2D eigenvalue weighted by Crippen LogP contribution is -2.49. The zero-order valence-corrected chi connectivity index (χ0v) is 9.96. The van der Waals surface area contributed by atoms with Gasteiger partial charge in [0.05, 0.1) is 4.92 Å². The Kier molecular flexibility index (Phi) is 3.39. The molecule has 2 heterocycles. The lowest BCUT2D eigenvalue weighted by molar-refractivity contribution is -0.385. The molecule has 0 spiro atoms. The lowest BCUT2D eigenvalue weighted by atomic mass is 10.2. The summed E-state index contributed by atoms with van der Waals surface area (Å²) in [7, 11) is 0. The molecule has 7 heteroatoms. The molecule has 1 aromatic heterocycles. The number of nitriles is 1. The minimum absolute atomic E-state index is 0.154. The van der Waals surface area contributed by atoms with Gasteiger partial charge in [0, 0.05) is 31.7 Å². The number of rotatable bonds is 2. The van der Waals surface area contributed by atoms with E-state index in [1.165, 1.54) is 12.3 Å². The summed E-state index contributed by atoms with van der Waals surface area (Å²) in [6.45, 7) is 4.33. The van der Waals surface area contributed by atoms with Crippen molar-refractivity contribution in [3.05, 3.63) is 27.9 Å². The zero-order chi connectivity index (χ0) is 13.1. The molecule has 1 N–H and O–H groups in total. The molecule has 1 saturated heterocycles. The molecule has 94 valence electrons. The molecule has 1 aliphatic rings. The summed E-state index contributed by atoms with van der Waals surface area (Å²) >= 11 is 0. The highest BCUT2D eigenvalue weighted by molar-refractivity contribution is 5.57. The Morgan fingerprint density at radius 3 is 3.11 bits per heavy atom. The van der Waals surface area contributed by atoms with Crippen LogP contribution in [0.2, 0.25) is 0 Å². The molecule has 0 aliphatic carbocycles. The molecular formula is C11H13N5O2. The molecule has 1 unspecified atom stereocenters. The van der Waals surface area contributed by atoms with Crippen LogP contribution >= 0.6 is 0 Å². The summed E-state index contributed by atoms with van der Waals surface area (Å²) in [5.41, 5.74) is 0.0942. The molecule has 2 rings (SSSR count). The van der Waals surface area contributed by atoms with Crippen molar-refractivity contribution < 1.29 is 4.92 Å². The number of nitrogens with one attached hydrogen (secondary N) is 1. The van der Waals surface area contributed by atoms with Crippen LogP contribution in [0.4, 0.5) is 11.5 Å². The van der Waals surface area contributed by atoms with Crippen LogP contribution in [-0.4, -0.2) is 35.6 Å². The number of nitro groups is 1. The molecule has 18 heavy (non-hydrogen) atoms. The van der Waals surface area contributed by atoms with Gasteiger partial charge in [-0.15, -0.1) is 0 Å². The second-order valence-corrected chi connectivity index (χ2v) is 4.23. The summed E-state index contributed by atoms with van der Waals surface area (Å²) in [5.74, 6) is 0.524. The smallest absolute Gasteiger partial charge is 0.289 e. The van der Waals surface area contributed by atoms with Crippen LogP contribution < -0.4 is 10.2 Å². The second kappa shape index (κ2) is 4.98. The van der Waals surface area contributed by atoms with Crippen molar-refractivity contribution in [3.63, 3.8) is 0 Å². The third kappa shape index (κ3) is 2.38. The van der Waals surface area contributed by atoms with Gasteiger partial charge in [0.1, 0.15) is 23.6 Å². The molecule has 1 atom stereocenters. The second-order valence-electron chi connectivity index (χ2n) is 4.23. The first-order valence-corrected chi connectivity index (χ1v) is 5.64. The van der Waals surface area contributed by atoms with Gasteiger partial charge in [0.25, 0.3) is 5.69 Å². The maximum Gasteiger partial charge on any atom is 0.289 e. The van der Waals surface area contributed by atoms with Crippen LogP contribution in [0.25, 0.3) is 0 Å². The van der Waals surface area contributed by atoms with E-state index in [-0.39, 0.29) is 11.3 Å². The third-order valence-corrected chi connectivity index (χ3v) is 2.85. The van der Waals surface area contributed by atoms with E-state index in [1.807, 2.05) is 17.9 Å². The van der Waals surface area contributed by atoms with Crippen LogP contribution in [0.15, 0.2) is 12.3 Å². The summed E-state index contributed by atoms with van der Waals surface area (Å²) in [4.78, 5) is 16.1. The number of piperazine rings is 1. The fraction of sp³-hybridized carbons (Fsp3) is 0.455. The number of pyridine rings is 1. The summed E-state index contributed by atoms with van der Waals surface area (Å²) in [6, 6.07) is 3.55. The lowest BCUT2D eigenvalue weighted by Gasteiger charge is -2.33. The first-order valence-electron chi connectivity index (χ1n) is 5.64. The Balaban J connectivity index is 2.33. The minimum Gasteiger partial charge on any atom is -0.353 e. The third-order valence-electron chi connectivity index (χ3n) is 2.85. The molecule has 0 saturated carbocycles. The molecule has 0 bridgehead atoms. The van der Waals surface area contributed by atoms with Gasteiger partial charge in [-0.1, -0.05) is 0 Å². The van der Waals surface area contributed by atoms with Crippen LogP contribution in [-0.2, 0) is 0 Å². The number of nitrogens with zero attached hydrogens (tertiary/aromatic N) is 4. The monoisotopic (exact) mass is 247 g/mol.